The first-order chi connectivity index (χ1) is 13.9. The molecule has 4 rings (SSSR count). The van der Waals surface area contributed by atoms with E-state index in [1.807, 2.05) is 0 Å². The Kier molecular flexibility index (Phi) is 5.64. The average Bonchev–Trinajstić information content (AvgIpc) is 2.73. The second kappa shape index (κ2) is 8.05. The lowest BCUT2D eigenvalue weighted by Crippen LogP contribution is -2.48. The van der Waals surface area contributed by atoms with Gasteiger partial charge in [-0.3, -0.25) is 4.79 Å². The highest BCUT2D eigenvalue weighted by Gasteiger charge is 2.37. The zero-order chi connectivity index (χ0) is 20.6. The number of hydrogen-bond acceptors (Lipinski definition) is 3. The van der Waals surface area contributed by atoms with Crippen LogP contribution in [-0.2, 0) is 21.2 Å². The molecule has 2 heterocycles. The molecule has 1 amide bonds. The number of nitrogens with zero attached hydrogens (tertiary/aromatic N) is 2. The Hall–Kier alpha value is -1.96. The molecule has 0 aromatic heterocycles. The van der Waals surface area contributed by atoms with Crippen LogP contribution in [0.2, 0.25) is 5.02 Å². The van der Waals surface area contributed by atoms with Gasteiger partial charge in [0.2, 0.25) is 15.9 Å². The summed E-state index contributed by atoms with van der Waals surface area (Å²) in [6.07, 6.45) is 2.56. The molecule has 29 heavy (non-hydrogen) atoms. The zero-order valence-corrected chi connectivity index (χ0v) is 17.4. The van der Waals surface area contributed by atoms with Crippen molar-refractivity contribution < 1.29 is 17.6 Å². The van der Waals surface area contributed by atoms with Gasteiger partial charge in [-0.1, -0.05) is 29.8 Å². The lowest BCUT2D eigenvalue weighted by Gasteiger charge is -2.36. The molecule has 1 fully saturated rings. The van der Waals surface area contributed by atoms with Crippen molar-refractivity contribution in [2.45, 2.75) is 30.6 Å². The summed E-state index contributed by atoms with van der Waals surface area (Å²) >= 11 is 5.97. The number of sulfonamides is 1. The molecule has 2 aromatic rings. The van der Waals surface area contributed by atoms with Crippen LogP contribution in [0.15, 0.2) is 47.4 Å². The van der Waals surface area contributed by atoms with Gasteiger partial charge >= 0.3 is 0 Å². The van der Waals surface area contributed by atoms with Gasteiger partial charge in [0.05, 0.1) is 16.5 Å². The Morgan fingerprint density at radius 3 is 2.62 bits per heavy atom. The molecule has 8 heteroatoms. The van der Waals surface area contributed by atoms with Crippen molar-refractivity contribution in [3.05, 3.63) is 58.9 Å². The van der Waals surface area contributed by atoms with Crippen LogP contribution in [-0.4, -0.2) is 38.3 Å². The number of piperidine rings is 1. The minimum atomic E-state index is -3.66. The van der Waals surface area contributed by atoms with Gasteiger partial charge in [0.15, 0.2) is 0 Å². The zero-order valence-electron chi connectivity index (χ0n) is 15.9. The van der Waals surface area contributed by atoms with E-state index in [0.29, 0.717) is 37.4 Å². The third kappa shape index (κ3) is 3.91. The maximum Gasteiger partial charge on any atom is 0.243 e. The second-order valence-corrected chi connectivity index (χ2v) is 9.88. The Balaban J connectivity index is 1.58. The fraction of sp³-hybridized carbons (Fsp3) is 0.381. The van der Waals surface area contributed by atoms with E-state index in [9.17, 15) is 17.6 Å². The van der Waals surface area contributed by atoms with Gasteiger partial charge in [0.25, 0.3) is 0 Å². The van der Waals surface area contributed by atoms with Crippen LogP contribution in [0.3, 0.4) is 0 Å². The van der Waals surface area contributed by atoms with E-state index in [1.54, 1.807) is 36.4 Å². The maximum absolute atomic E-state index is 14.6. The Morgan fingerprint density at radius 1 is 1.10 bits per heavy atom. The number of halogens is 2. The summed E-state index contributed by atoms with van der Waals surface area (Å²) in [4.78, 5) is 15.0. The first kappa shape index (κ1) is 20.3. The Labute approximate surface area is 175 Å². The number of anilines is 1. The van der Waals surface area contributed by atoms with Gasteiger partial charge < -0.3 is 4.90 Å². The maximum atomic E-state index is 14.6. The van der Waals surface area contributed by atoms with Crippen molar-refractivity contribution in [3.63, 3.8) is 0 Å². The highest BCUT2D eigenvalue weighted by molar-refractivity contribution is 7.89. The summed E-state index contributed by atoms with van der Waals surface area (Å²) in [6.45, 7) is 0.908. The van der Waals surface area contributed by atoms with Crippen molar-refractivity contribution in [2.24, 2.45) is 5.92 Å². The summed E-state index contributed by atoms with van der Waals surface area (Å²) in [7, 11) is -3.66. The fourth-order valence-corrected chi connectivity index (χ4v) is 5.97. The monoisotopic (exact) mass is 436 g/mol. The van der Waals surface area contributed by atoms with Crippen LogP contribution in [0, 0.1) is 11.7 Å². The van der Waals surface area contributed by atoms with Crippen LogP contribution in [0.4, 0.5) is 10.1 Å². The van der Waals surface area contributed by atoms with Gasteiger partial charge in [-0.25, -0.2) is 12.8 Å². The van der Waals surface area contributed by atoms with E-state index in [1.165, 1.54) is 15.3 Å². The molecule has 1 atom stereocenters. The summed E-state index contributed by atoms with van der Waals surface area (Å²) < 4.78 is 41.9. The number of hydrogen-bond donors (Lipinski definition) is 0. The molecule has 1 unspecified atom stereocenters. The van der Waals surface area contributed by atoms with Crippen LogP contribution in [0.5, 0.6) is 0 Å². The number of fused-ring (bicyclic) bond motifs is 1. The van der Waals surface area contributed by atoms with Crippen LogP contribution in [0.1, 0.15) is 24.8 Å². The van der Waals surface area contributed by atoms with Crippen molar-refractivity contribution in [2.75, 3.05) is 24.5 Å². The van der Waals surface area contributed by atoms with Gasteiger partial charge in [-0.15, -0.1) is 0 Å². The fourth-order valence-electron chi connectivity index (χ4n) is 4.20. The molecule has 2 aliphatic rings. The predicted octanol–water partition coefficient (Wildman–Crippen LogP) is 3.86. The van der Waals surface area contributed by atoms with E-state index < -0.39 is 21.8 Å². The van der Waals surface area contributed by atoms with Crippen LogP contribution < -0.4 is 4.90 Å². The van der Waals surface area contributed by atoms with Crippen LogP contribution in [0.25, 0.3) is 0 Å². The third-order valence-electron chi connectivity index (χ3n) is 5.59. The topological polar surface area (TPSA) is 57.7 Å². The van der Waals surface area contributed by atoms with E-state index in [-0.39, 0.29) is 23.0 Å². The first-order valence-electron chi connectivity index (χ1n) is 9.72. The molecular weight excluding hydrogens is 415 g/mol. The summed E-state index contributed by atoms with van der Waals surface area (Å²) in [5, 5.41) is 0.313. The smallest absolute Gasteiger partial charge is 0.243 e. The molecule has 0 saturated carbocycles. The molecule has 0 radical (unpaired) electrons. The number of amides is 1. The number of aryl methyl sites for hydroxylation is 1. The van der Waals surface area contributed by atoms with E-state index in [0.717, 1.165) is 12.0 Å². The molecule has 0 aliphatic carbocycles. The predicted molar refractivity (Wildman–Crippen MR) is 110 cm³/mol. The summed E-state index contributed by atoms with van der Waals surface area (Å²) in [6, 6.07) is 11.2. The molecule has 2 aliphatic heterocycles. The van der Waals surface area contributed by atoms with E-state index in [4.69, 9.17) is 11.6 Å². The number of rotatable bonds is 3. The lowest BCUT2D eigenvalue weighted by molar-refractivity contribution is -0.123. The molecular formula is C21H22ClFN2O3S. The van der Waals surface area contributed by atoms with Crippen LogP contribution >= 0.6 is 11.6 Å². The number of carbonyl (C=O) groups is 1. The Bertz CT molecular complexity index is 1030. The molecule has 0 bridgehead atoms. The van der Waals surface area contributed by atoms with Crippen molar-refractivity contribution >= 4 is 33.2 Å². The minimum absolute atomic E-state index is 0.108. The molecule has 0 spiro atoms. The average molecular weight is 437 g/mol. The highest BCUT2D eigenvalue weighted by atomic mass is 35.5. The van der Waals surface area contributed by atoms with Gasteiger partial charge in [-0.05, 0) is 55.5 Å². The SMILES string of the molecule is O=C(C1CCCN(S(=O)(=O)c2ccccc2)C1)N1CCCc2cc(Cl)cc(F)c21. The van der Waals surface area contributed by atoms with E-state index in [2.05, 4.69) is 0 Å². The van der Waals surface area contributed by atoms with E-state index >= 15 is 0 Å². The third-order valence-corrected chi connectivity index (χ3v) is 7.68. The number of benzene rings is 2. The standard InChI is InChI=1S/C21H22ClFN2O3S/c22-17-12-15-6-5-11-25(20(15)19(23)13-17)21(26)16-7-4-10-24(14-16)29(27,28)18-8-2-1-3-9-18/h1-3,8-9,12-13,16H,4-7,10-11,14H2. The molecule has 5 nitrogen and oxygen atoms in total. The van der Waals surface area contributed by atoms with Crippen molar-refractivity contribution in [3.8, 4) is 0 Å². The first-order valence-corrected chi connectivity index (χ1v) is 11.5. The second-order valence-electron chi connectivity index (χ2n) is 7.50. The van der Waals surface area contributed by atoms with Gasteiger partial charge in [0.1, 0.15) is 5.82 Å². The minimum Gasteiger partial charge on any atom is -0.309 e. The number of carbonyl (C=O) groups excluding carboxylic acids is 1. The molecule has 1 saturated heterocycles. The largest absolute Gasteiger partial charge is 0.309 e. The van der Waals surface area contributed by atoms with Gasteiger partial charge in [0, 0.05) is 24.7 Å². The highest BCUT2D eigenvalue weighted by Crippen LogP contribution is 2.35. The molecule has 2 aromatic carbocycles. The van der Waals surface area contributed by atoms with Crippen molar-refractivity contribution in [1.29, 1.82) is 0 Å². The molecule has 154 valence electrons. The summed E-state index contributed by atoms with van der Waals surface area (Å²) in [5.41, 5.74) is 1.01. The van der Waals surface area contributed by atoms with Crippen molar-refractivity contribution in [1.82, 2.24) is 4.31 Å². The normalized spacial score (nSPS) is 20.3. The van der Waals surface area contributed by atoms with Gasteiger partial charge in [-0.2, -0.15) is 4.31 Å². The quantitative estimate of drug-likeness (QED) is 0.734. The lowest BCUT2D eigenvalue weighted by atomic mass is 9.95. The molecule has 0 N–H and O–H groups in total. The Morgan fingerprint density at radius 2 is 1.86 bits per heavy atom. The summed E-state index contributed by atoms with van der Waals surface area (Å²) in [5.74, 6) is -1.23.